The van der Waals surface area contributed by atoms with Gasteiger partial charge >= 0.3 is 0 Å². The molecule has 1 fully saturated rings. The zero-order valence-corrected chi connectivity index (χ0v) is 24.2. The minimum atomic E-state index is -4.14. The first-order valence-electron chi connectivity index (χ1n) is 14.0. The highest BCUT2D eigenvalue weighted by Crippen LogP contribution is 2.50. The molecule has 3 aliphatic rings. The first-order valence-corrected chi connectivity index (χ1v) is 15.4. The molecule has 0 saturated carbocycles. The van der Waals surface area contributed by atoms with Gasteiger partial charge in [-0.05, 0) is 47.9 Å². The van der Waals surface area contributed by atoms with Crippen LogP contribution >= 0.6 is 0 Å². The molecule has 0 aliphatic carbocycles. The molecule has 4 atom stereocenters. The van der Waals surface area contributed by atoms with Gasteiger partial charge in [-0.25, -0.2) is 12.7 Å². The van der Waals surface area contributed by atoms with Gasteiger partial charge in [-0.3, -0.25) is 14.4 Å². The van der Waals surface area contributed by atoms with E-state index < -0.39 is 27.8 Å². The van der Waals surface area contributed by atoms with E-state index in [2.05, 4.69) is 20.1 Å². The molecule has 40 heavy (non-hydrogen) atoms. The fraction of sp³-hybridized carbons (Fsp3) is 0.406. The lowest BCUT2D eigenvalue weighted by atomic mass is 9.72. The fourth-order valence-corrected chi connectivity index (χ4v) is 8.37. The Bertz CT molecular complexity index is 1590. The summed E-state index contributed by atoms with van der Waals surface area (Å²) in [5.41, 5.74) is 2.89. The highest BCUT2D eigenvalue weighted by molar-refractivity contribution is 7.90. The van der Waals surface area contributed by atoms with Crippen LogP contribution in [-0.2, 0) is 26.0 Å². The van der Waals surface area contributed by atoms with Gasteiger partial charge in [0.25, 0.3) is 15.9 Å². The van der Waals surface area contributed by atoms with Crippen LogP contribution in [0, 0.1) is 17.8 Å². The van der Waals surface area contributed by atoms with Crippen LogP contribution in [0.5, 0.6) is 0 Å². The van der Waals surface area contributed by atoms with Crippen LogP contribution in [0.1, 0.15) is 62.4 Å². The van der Waals surface area contributed by atoms with Gasteiger partial charge in [0.2, 0.25) is 5.91 Å². The topological polar surface area (TPSA) is 91.8 Å². The van der Waals surface area contributed by atoms with Crippen molar-refractivity contribution >= 4 is 38.4 Å². The number of carbonyl (C=O) groups is 3. The summed E-state index contributed by atoms with van der Waals surface area (Å²) >= 11 is 0. The van der Waals surface area contributed by atoms with E-state index in [1.807, 2.05) is 19.1 Å². The second kappa shape index (κ2) is 10.5. The number of allylic oxidation sites excluding steroid dienone is 3. The van der Waals surface area contributed by atoms with Crippen molar-refractivity contribution in [2.75, 3.05) is 6.54 Å². The summed E-state index contributed by atoms with van der Waals surface area (Å²) in [6.07, 6.45) is 6.29. The first kappa shape index (κ1) is 28.0. The van der Waals surface area contributed by atoms with Gasteiger partial charge in [-0.1, -0.05) is 57.5 Å². The Labute approximate surface area is 236 Å². The summed E-state index contributed by atoms with van der Waals surface area (Å²) in [4.78, 5) is 41.8. The van der Waals surface area contributed by atoms with E-state index in [1.165, 1.54) is 0 Å². The number of hydrogen-bond donors (Lipinski definition) is 0. The number of nitrogens with zero attached hydrogens (tertiary/aromatic N) is 2. The molecule has 2 amide bonds. The van der Waals surface area contributed by atoms with Gasteiger partial charge in [-0.15, -0.1) is 13.2 Å². The number of rotatable bonds is 11. The SMILES string of the molecule is C=CCCC1=C(CN2C(=O)c3cccc4c(CCC)ccc(c34)S2(=O)=O)[C@H](C)[C@@H]2[C@@H]([C@@H](C)C(=O)CC=C)C(=O)N12. The van der Waals surface area contributed by atoms with Crippen molar-refractivity contribution in [2.24, 2.45) is 17.8 Å². The van der Waals surface area contributed by atoms with Crippen molar-refractivity contribution in [3.63, 3.8) is 0 Å². The highest BCUT2D eigenvalue weighted by Gasteiger charge is 2.59. The fourth-order valence-electron chi connectivity index (χ4n) is 6.79. The number of amides is 2. The second-order valence-electron chi connectivity index (χ2n) is 11.1. The zero-order chi connectivity index (χ0) is 28.9. The summed E-state index contributed by atoms with van der Waals surface area (Å²) in [7, 11) is -4.14. The Balaban J connectivity index is 1.55. The third kappa shape index (κ3) is 4.07. The average Bonchev–Trinajstić information content (AvgIpc) is 3.16. The molecule has 3 aliphatic heterocycles. The van der Waals surface area contributed by atoms with Gasteiger partial charge < -0.3 is 4.90 Å². The minimum absolute atomic E-state index is 0.0396. The largest absolute Gasteiger partial charge is 0.311 e. The monoisotopic (exact) mass is 560 g/mol. The van der Waals surface area contributed by atoms with Gasteiger partial charge in [0.05, 0.1) is 23.4 Å². The van der Waals surface area contributed by atoms with E-state index in [1.54, 1.807) is 42.2 Å². The van der Waals surface area contributed by atoms with Crippen molar-refractivity contribution in [3.05, 3.63) is 78.0 Å². The van der Waals surface area contributed by atoms with E-state index in [0.717, 1.165) is 39.4 Å². The van der Waals surface area contributed by atoms with Gasteiger partial charge in [0.1, 0.15) is 5.78 Å². The predicted molar refractivity (Wildman–Crippen MR) is 155 cm³/mol. The molecule has 0 N–H and O–H groups in total. The number of Topliss-reactive ketones (excluding diaryl/α,β-unsaturated/α-hetero) is 1. The number of β-lactam (4-membered cyclic amide) rings is 1. The van der Waals surface area contributed by atoms with Crippen molar-refractivity contribution in [2.45, 2.75) is 63.8 Å². The quantitative estimate of drug-likeness (QED) is 0.271. The molecule has 210 valence electrons. The number of benzene rings is 2. The Hall–Kier alpha value is -3.52. The molecule has 0 radical (unpaired) electrons. The smallest absolute Gasteiger partial charge is 0.268 e. The maximum absolute atomic E-state index is 14.0. The molecule has 0 spiro atoms. The van der Waals surface area contributed by atoms with Crippen LogP contribution < -0.4 is 0 Å². The van der Waals surface area contributed by atoms with E-state index in [0.29, 0.717) is 23.8 Å². The molecule has 5 rings (SSSR count). The average molecular weight is 561 g/mol. The lowest BCUT2D eigenvalue weighted by molar-refractivity contribution is -0.159. The number of sulfonamides is 1. The Morgan fingerprint density at radius 2 is 1.85 bits per heavy atom. The van der Waals surface area contributed by atoms with Crippen LogP contribution in [0.25, 0.3) is 10.8 Å². The maximum Gasteiger partial charge on any atom is 0.268 e. The highest BCUT2D eigenvalue weighted by atomic mass is 32.2. The normalized spacial score (nSPS) is 23.7. The van der Waals surface area contributed by atoms with Crippen molar-refractivity contribution in [1.29, 1.82) is 0 Å². The summed E-state index contributed by atoms with van der Waals surface area (Å²) in [6.45, 7) is 13.1. The van der Waals surface area contributed by atoms with E-state index in [4.69, 9.17) is 0 Å². The number of ketones is 1. The zero-order valence-electron chi connectivity index (χ0n) is 23.4. The van der Waals surface area contributed by atoms with Gasteiger partial charge in [0.15, 0.2) is 0 Å². The number of fused-ring (bicyclic) bond motifs is 1. The van der Waals surface area contributed by atoms with Crippen LogP contribution in [0.4, 0.5) is 0 Å². The van der Waals surface area contributed by atoms with Gasteiger partial charge in [-0.2, -0.15) is 0 Å². The molecular weight excluding hydrogens is 524 g/mol. The molecule has 0 aromatic heterocycles. The van der Waals surface area contributed by atoms with Crippen molar-refractivity contribution in [3.8, 4) is 0 Å². The molecule has 2 aromatic rings. The summed E-state index contributed by atoms with van der Waals surface area (Å²) in [5.74, 6) is -1.89. The number of aryl methyl sites for hydroxylation is 1. The Morgan fingerprint density at radius 3 is 2.52 bits per heavy atom. The standard InChI is InChI=1S/C32H36N2O5S/c1-6-9-15-25-24(19(4)30-28(32(37)34(25)30)20(5)26(35)12-8-3)18-33-31(36)23-14-10-13-22-21(11-7-2)16-17-27(29(22)23)40(33,38)39/h6,8,10,13-14,16-17,19-20,28,30H,1,3,7,9,11-12,15,18H2,2,4-5H3/t19-,20-,28+,30+/m0/s1. The molecule has 0 bridgehead atoms. The van der Waals surface area contributed by atoms with E-state index in [9.17, 15) is 22.8 Å². The molecule has 2 aromatic carbocycles. The lowest BCUT2D eigenvalue weighted by Crippen LogP contribution is -2.62. The third-order valence-corrected chi connectivity index (χ3v) is 10.6. The van der Waals surface area contributed by atoms with Crippen LogP contribution in [0.15, 0.2) is 71.8 Å². The van der Waals surface area contributed by atoms with Crippen LogP contribution in [0.2, 0.25) is 0 Å². The minimum Gasteiger partial charge on any atom is -0.311 e. The summed E-state index contributed by atoms with van der Waals surface area (Å²) in [6, 6.07) is 8.60. The van der Waals surface area contributed by atoms with Crippen molar-refractivity contribution < 1.29 is 22.8 Å². The Kier molecular flexibility index (Phi) is 7.33. The van der Waals surface area contributed by atoms with Crippen molar-refractivity contribution in [1.82, 2.24) is 9.21 Å². The first-order chi connectivity index (χ1) is 19.1. The Morgan fingerprint density at radius 1 is 1.10 bits per heavy atom. The molecule has 1 saturated heterocycles. The van der Waals surface area contributed by atoms with E-state index >= 15 is 0 Å². The summed E-state index contributed by atoms with van der Waals surface area (Å²) in [5, 5.41) is 1.29. The molecule has 8 heteroatoms. The van der Waals surface area contributed by atoms with Gasteiger partial charge in [0, 0.05) is 34.9 Å². The molecule has 3 heterocycles. The maximum atomic E-state index is 14.0. The molecule has 7 nitrogen and oxygen atoms in total. The number of carbonyl (C=O) groups excluding carboxylic acids is 3. The van der Waals surface area contributed by atoms with Crippen LogP contribution in [0.3, 0.4) is 0 Å². The predicted octanol–water partition coefficient (Wildman–Crippen LogP) is 5.42. The molecular formula is C32H36N2O5S. The number of hydrogen-bond acceptors (Lipinski definition) is 5. The molecule has 0 unspecified atom stereocenters. The third-order valence-electron chi connectivity index (χ3n) is 8.84. The van der Waals surface area contributed by atoms with E-state index in [-0.39, 0.29) is 41.5 Å². The van der Waals surface area contributed by atoms with Crippen LogP contribution in [-0.4, -0.2) is 47.8 Å². The summed E-state index contributed by atoms with van der Waals surface area (Å²) < 4.78 is 29.0. The second-order valence-corrected chi connectivity index (χ2v) is 12.9. The lowest BCUT2D eigenvalue weighted by Gasteiger charge is -2.48.